The van der Waals surface area contributed by atoms with E-state index in [9.17, 15) is 20.1 Å². The standard InChI is InChI=1S/C21H29NO5S/c1-21-7-6-10-11(14(21)4-5-17(21)23)2-3-12-13(10)8-16(19(25)18(12)24)28-9-15(22)20(26)27/h8,10-11,14-15,17,23-25H,2-7,9,22H2,1H3,(H,26,27)/t10-,11+,14-,15-,17?,21-/m0/s1. The predicted octanol–water partition coefficient (Wildman–Crippen LogP) is 2.82. The van der Waals surface area contributed by atoms with Gasteiger partial charge in [-0.2, -0.15) is 0 Å². The van der Waals surface area contributed by atoms with Gasteiger partial charge in [0.1, 0.15) is 6.04 Å². The Morgan fingerprint density at radius 2 is 2.04 bits per heavy atom. The minimum atomic E-state index is -1.08. The number of benzene rings is 1. The van der Waals surface area contributed by atoms with E-state index in [4.69, 9.17) is 10.8 Å². The number of hydrogen-bond donors (Lipinski definition) is 5. The Morgan fingerprint density at radius 3 is 2.75 bits per heavy atom. The van der Waals surface area contributed by atoms with Crippen molar-refractivity contribution >= 4 is 17.7 Å². The van der Waals surface area contributed by atoms with Crippen molar-refractivity contribution in [3.05, 3.63) is 17.2 Å². The average Bonchev–Trinajstić information content (AvgIpc) is 2.97. The molecule has 2 saturated carbocycles. The Morgan fingerprint density at radius 1 is 1.29 bits per heavy atom. The Bertz CT molecular complexity index is 799. The number of aliphatic hydroxyl groups excluding tert-OH is 1. The predicted molar refractivity (Wildman–Crippen MR) is 107 cm³/mol. The second-order valence-electron chi connectivity index (χ2n) is 8.95. The maximum absolute atomic E-state index is 11.0. The largest absolute Gasteiger partial charge is 0.504 e. The molecule has 6 nitrogen and oxygen atoms in total. The minimum absolute atomic E-state index is 0.0104. The SMILES string of the molecule is C[C@]12CC[C@@H]3c4cc(SC[C@H](N)C(=O)O)c(O)c(O)c4CC[C@H]3[C@@H]1CCC2O. The molecular weight excluding hydrogens is 378 g/mol. The van der Waals surface area contributed by atoms with Crippen LogP contribution >= 0.6 is 11.8 Å². The van der Waals surface area contributed by atoms with Gasteiger partial charge in [0.15, 0.2) is 11.5 Å². The number of fused-ring (bicyclic) bond motifs is 5. The summed E-state index contributed by atoms with van der Waals surface area (Å²) in [5, 5.41) is 40.6. The lowest BCUT2D eigenvalue weighted by Crippen LogP contribution is -2.43. The smallest absolute Gasteiger partial charge is 0.321 e. The van der Waals surface area contributed by atoms with E-state index in [0.717, 1.165) is 49.7 Å². The lowest BCUT2D eigenvalue weighted by Gasteiger charge is -2.50. The second-order valence-corrected chi connectivity index (χ2v) is 10.0. The van der Waals surface area contributed by atoms with Gasteiger partial charge in [0, 0.05) is 11.3 Å². The highest BCUT2D eigenvalue weighted by Crippen LogP contribution is 2.62. The van der Waals surface area contributed by atoms with Gasteiger partial charge in [-0.3, -0.25) is 4.79 Å². The average molecular weight is 408 g/mol. The highest BCUT2D eigenvalue weighted by Gasteiger charge is 2.54. The summed E-state index contributed by atoms with van der Waals surface area (Å²) in [6.07, 6.45) is 5.31. The van der Waals surface area contributed by atoms with Crippen LogP contribution in [0.5, 0.6) is 11.5 Å². The Labute approximate surface area is 169 Å². The first-order valence-electron chi connectivity index (χ1n) is 10.1. The van der Waals surface area contributed by atoms with Gasteiger partial charge >= 0.3 is 5.97 Å². The first-order chi connectivity index (χ1) is 13.2. The summed E-state index contributed by atoms with van der Waals surface area (Å²) >= 11 is 1.17. The molecule has 1 unspecified atom stereocenters. The zero-order chi connectivity index (χ0) is 20.2. The number of carbonyl (C=O) groups is 1. The van der Waals surface area contributed by atoms with Crippen LogP contribution in [0.1, 0.15) is 56.1 Å². The van der Waals surface area contributed by atoms with Gasteiger partial charge in [0.25, 0.3) is 0 Å². The molecule has 6 N–H and O–H groups in total. The Balaban J connectivity index is 1.65. The molecule has 0 saturated heterocycles. The van der Waals surface area contributed by atoms with E-state index < -0.39 is 12.0 Å². The molecule has 0 aromatic heterocycles. The molecule has 1 aromatic rings. The molecule has 154 valence electrons. The Kier molecular flexibility index (Phi) is 5.04. The molecular formula is C21H29NO5S. The van der Waals surface area contributed by atoms with Crippen LogP contribution < -0.4 is 5.73 Å². The number of aliphatic carboxylic acids is 1. The fraction of sp³-hybridized carbons (Fsp3) is 0.667. The van der Waals surface area contributed by atoms with Gasteiger partial charge in [0.2, 0.25) is 0 Å². The van der Waals surface area contributed by atoms with Gasteiger partial charge < -0.3 is 26.2 Å². The van der Waals surface area contributed by atoms with Crippen molar-refractivity contribution in [2.45, 2.75) is 68.4 Å². The van der Waals surface area contributed by atoms with E-state index >= 15 is 0 Å². The van der Waals surface area contributed by atoms with Crippen LogP contribution in [0, 0.1) is 17.3 Å². The third kappa shape index (κ3) is 2.99. The van der Waals surface area contributed by atoms with E-state index in [1.54, 1.807) is 0 Å². The molecule has 6 atom stereocenters. The summed E-state index contributed by atoms with van der Waals surface area (Å²) in [6.45, 7) is 2.23. The molecule has 4 rings (SSSR count). The summed E-state index contributed by atoms with van der Waals surface area (Å²) in [5.41, 5.74) is 7.50. The highest BCUT2D eigenvalue weighted by atomic mass is 32.2. The summed E-state index contributed by atoms with van der Waals surface area (Å²) in [7, 11) is 0. The molecule has 0 aliphatic heterocycles. The number of rotatable bonds is 4. The van der Waals surface area contributed by atoms with E-state index in [0.29, 0.717) is 22.6 Å². The van der Waals surface area contributed by atoms with E-state index in [1.807, 2.05) is 6.07 Å². The van der Waals surface area contributed by atoms with E-state index in [2.05, 4.69) is 6.92 Å². The number of aromatic hydroxyl groups is 2. The highest BCUT2D eigenvalue weighted by molar-refractivity contribution is 7.99. The first-order valence-corrected chi connectivity index (χ1v) is 11.1. The quantitative estimate of drug-likeness (QED) is 0.384. The van der Waals surface area contributed by atoms with Gasteiger partial charge in [-0.05, 0) is 73.3 Å². The minimum Gasteiger partial charge on any atom is -0.504 e. The van der Waals surface area contributed by atoms with Crippen molar-refractivity contribution in [2.75, 3.05) is 5.75 Å². The summed E-state index contributed by atoms with van der Waals surface area (Å²) in [4.78, 5) is 11.5. The lowest BCUT2D eigenvalue weighted by atomic mass is 9.55. The molecule has 0 heterocycles. The third-order valence-corrected chi connectivity index (χ3v) is 8.78. The van der Waals surface area contributed by atoms with Crippen LogP contribution in [0.2, 0.25) is 0 Å². The molecule has 0 bridgehead atoms. The molecule has 2 fully saturated rings. The summed E-state index contributed by atoms with van der Waals surface area (Å²) in [5.74, 6) is 0.0844. The molecule has 1 aromatic carbocycles. The summed E-state index contributed by atoms with van der Waals surface area (Å²) in [6, 6.07) is 0.916. The van der Waals surface area contributed by atoms with Gasteiger partial charge in [-0.15, -0.1) is 11.8 Å². The van der Waals surface area contributed by atoms with E-state index in [1.165, 1.54) is 11.8 Å². The number of carboxylic acids is 1. The number of aliphatic hydroxyl groups is 1. The number of thioether (sulfide) groups is 1. The zero-order valence-electron chi connectivity index (χ0n) is 16.1. The maximum atomic E-state index is 11.0. The van der Waals surface area contributed by atoms with Crippen molar-refractivity contribution in [3.8, 4) is 11.5 Å². The van der Waals surface area contributed by atoms with Gasteiger partial charge in [0.05, 0.1) is 11.0 Å². The molecule has 3 aliphatic rings. The van der Waals surface area contributed by atoms with Crippen LogP contribution in [0.3, 0.4) is 0 Å². The maximum Gasteiger partial charge on any atom is 0.321 e. The van der Waals surface area contributed by atoms with Crippen molar-refractivity contribution in [1.82, 2.24) is 0 Å². The van der Waals surface area contributed by atoms with Crippen LogP contribution in [0.25, 0.3) is 0 Å². The number of hydrogen-bond acceptors (Lipinski definition) is 6. The number of carboxylic acid groups (broad SMARTS) is 1. The lowest BCUT2D eigenvalue weighted by molar-refractivity contribution is -0.137. The molecule has 7 heteroatoms. The fourth-order valence-electron chi connectivity index (χ4n) is 6.01. The third-order valence-electron chi connectivity index (χ3n) is 7.63. The molecule has 28 heavy (non-hydrogen) atoms. The number of phenols is 2. The van der Waals surface area contributed by atoms with Crippen molar-refractivity contribution in [1.29, 1.82) is 0 Å². The van der Waals surface area contributed by atoms with Crippen LogP contribution in [-0.4, -0.2) is 44.3 Å². The van der Waals surface area contributed by atoms with Gasteiger partial charge in [-0.1, -0.05) is 6.92 Å². The van der Waals surface area contributed by atoms with Crippen molar-refractivity contribution in [3.63, 3.8) is 0 Å². The molecule has 0 radical (unpaired) electrons. The number of phenolic OH excluding ortho intramolecular Hbond substituents is 2. The Hall–Kier alpha value is -1.44. The summed E-state index contributed by atoms with van der Waals surface area (Å²) < 4.78 is 0. The van der Waals surface area contributed by atoms with Crippen LogP contribution in [-0.2, 0) is 11.2 Å². The molecule has 0 spiro atoms. The normalized spacial score (nSPS) is 35.0. The van der Waals surface area contributed by atoms with Crippen LogP contribution in [0.4, 0.5) is 0 Å². The molecule has 3 aliphatic carbocycles. The van der Waals surface area contributed by atoms with Crippen molar-refractivity contribution in [2.24, 2.45) is 23.0 Å². The zero-order valence-corrected chi connectivity index (χ0v) is 16.9. The number of nitrogens with two attached hydrogens (primary N) is 1. The van der Waals surface area contributed by atoms with Gasteiger partial charge in [-0.25, -0.2) is 0 Å². The van der Waals surface area contributed by atoms with Crippen LogP contribution in [0.15, 0.2) is 11.0 Å². The fourth-order valence-corrected chi connectivity index (χ4v) is 6.95. The second kappa shape index (κ2) is 7.11. The monoisotopic (exact) mass is 407 g/mol. The first kappa shape index (κ1) is 19.9. The van der Waals surface area contributed by atoms with E-state index in [-0.39, 0.29) is 28.8 Å². The molecule has 0 amide bonds. The topological polar surface area (TPSA) is 124 Å². The van der Waals surface area contributed by atoms with Crippen molar-refractivity contribution < 1.29 is 25.2 Å².